The van der Waals surface area contributed by atoms with E-state index >= 15 is 0 Å². The van der Waals surface area contributed by atoms with Gasteiger partial charge in [0, 0.05) is 37.4 Å². The molecule has 8 nitrogen and oxygen atoms in total. The second kappa shape index (κ2) is 10.4. The SMILES string of the molecule is CNc1ccc(NC(=O)N2CCC(C(=O)C(=Nc3ccc(F)c(Br)c3)NO)CC2)cc1. The average Bonchev–Trinajstić information content (AvgIpc) is 2.80. The molecule has 10 heteroatoms. The van der Waals surface area contributed by atoms with Crippen molar-refractivity contribution in [3.63, 3.8) is 0 Å². The summed E-state index contributed by atoms with van der Waals surface area (Å²) < 4.78 is 13.6. The van der Waals surface area contributed by atoms with E-state index in [-0.39, 0.29) is 28.0 Å². The second-order valence-corrected chi connectivity index (χ2v) is 7.91. The highest BCUT2D eigenvalue weighted by molar-refractivity contribution is 9.10. The van der Waals surface area contributed by atoms with E-state index in [1.165, 1.54) is 18.2 Å². The highest BCUT2D eigenvalue weighted by Crippen LogP contribution is 2.24. The maximum absolute atomic E-state index is 13.4. The lowest BCUT2D eigenvalue weighted by atomic mass is 9.92. The minimum Gasteiger partial charge on any atom is -0.388 e. The number of anilines is 2. The summed E-state index contributed by atoms with van der Waals surface area (Å²) in [7, 11) is 1.82. The second-order valence-electron chi connectivity index (χ2n) is 7.05. The average molecular weight is 492 g/mol. The molecule has 0 atom stereocenters. The molecule has 3 rings (SSSR count). The number of carbonyl (C=O) groups is 2. The Morgan fingerprint density at radius 2 is 1.77 bits per heavy atom. The summed E-state index contributed by atoms with van der Waals surface area (Å²) in [4.78, 5) is 31.0. The predicted octanol–water partition coefficient (Wildman–Crippen LogP) is 4.15. The van der Waals surface area contributed by atoms with E-state index in [1.807, 2.05) is 36.8 Å². The summed E-state index contributed by atoms with van der Waals surface area (Å²) in [5.41, 5.74) is 3.80. The fourth-order valence-corrected chi connectivity index (χ4v) is 3.65. The lowest BCUT2D eigenvalue weighted by Gasteiger charge is -2.31. The van der Waals surface area contributed by atoms with E-state index in [0.29, 0.717) is 37.3 Å². The number of Topliss-reactive ketones (excluding diaryl/α,β-unsaturated/α-hetero) is 1. The van der Waals surface area contributed by atoms with Crippen LogP contribution in [0.3, 0.4) is 0 Å². The van der Waals surface area contributed by atoms with Crippen LogP contribution < -0.4 is 16.1 Å². The first-order valence-electron chi connectivity index (χ1n) is 9.73. The molecule has 1 heterocycles. The van der Waals surface area contributed by atoms with Crippen LogP contribution >= 0.6 is 15.9 Å². The summed E-state index contributed by atoms with van der Waals surface area (Å²) in [6.07, 6.45) is 0.886. The zero-order chi connectivity index (χ0) is 22.4. The predicted molar refractivity (Wildman–Crippen MR) is 120 cm³/mol. The molecule has 2 aromatic carbocycles. The van der Waals surface area contributed by atoms with E-state index in [0.717, 1.165) is 5.69 Å². The van der Waals surface area contributed by atoms with Crippen molar-refractivity contribution in [3.05, 3.63) is 52.8 Å². The number of hydrogen-bond acceptors (Lipinski definition) is 5. The third-order valence-corrected chi connectivity index (χ3v) is 5.67. The summed E-state index contributed by atoms with van der Waals surface area (Å²) in [5.74, 6) is -1.41. The van der Waals surface area contributed by atoms with Crippen LogP contribution in [0.5, 0.6) is 0 Å². The number of benzene rings is 2. The summed E-state index contributed by atoms with van der Waals surface area (Å²) >= 11 is 3.06. The molecule has 0 spiro atoms. The van der Waals surface area contributed by atoms with Gasteiger partial charge in [-0.2, -0.15) is 0 Å². The molecule has 1 saturated heterocycles. The smallest absolute Gasteiger partial charge is 0.321 e. The Labute approximate surface area is 187 Å². The lowest BCUT2D eigenvalue weighted by Crippen LogP contribution is -2.44. The number of piperidine rings is 1. The number of halogens is 2. The molecule has 31 heavy (non-hydrogen) atoms. The molecule has 1 aliphatic rings. The number of aliphatic imine (C=N–C) groups is 1. The van der Waals surface area contributed by atoms with E-state index in [4.69, 9.17) is 0 Å². The molecule has 1 aliphatic heterocycles. The first-order valence-corrected chi connectivity index (χ1v) is 10.5. The van der Waals surface area contributed by atoms with Crippen molar-refractivity contribution in [2.45, 2.75) is 12.8 Å². The molecule has 2 aromatic rings. The van der Waals surface area contributed by atoms with Gasteiger partial charge in [-0.25, -0.2) is 19.7 Å². The third kappa shape index (κ3) is 5.80. The highest BCUT2D eigenvalue weighted by atomic mass is 79.9. The van der Waals surface area contributed by atoms with E-state index < -0.39 is 5.82 Å². The normalized spacial score (nSPS) is 14.8. The van der Waals surface area contributed by atoms with Crippen LogP contribution in [0.15, 0.2) is 51.9 Å². The van der Waals surface area contributed by atoms with Crippen LogP contribution in [0.25, 0.3) is 0 Å². The van der Waals surface area contributed by atoms with Gasteiger partial charge in [-0.05, 0) is 71.2 Å². The van der Waals surface area contributed by atoms with Gasteiger partial charge in [0.25, 0.3) is 0 Å². The number of rotatable bonds is 5. The number of ketones is 1. The maximum atomic E-state index is 13.4. The third-order valence-electron chi connectivity index (χ3n) is 5.06. The number of hydroxylamine groups is 1. The number of likely N-dealkylation sites (tertiary alicyclic amines) is 1. The first kappa shape index (κ1) is 22.7. The number of carbonyl (C=O) groups excluding carboxylic acids is 2. The number of urea groups is 1. The van der Waals surface area contributed by atoms with Gasteiger partial charge >= 0.3 is 6.03 Å². The van der Waals surface area contributed by atoms with Crippen LogP contribution in [0.1, 0.15) is 12.8 Å². The molecular formula is C21H23BrFN5O3. The number of amides is 2. The fraction of sp³-hybridized carbons (Fsp3) is 0.286. The van der Waals surface area contributed by atoms with Gasteiger partial charge in [0.05, 0.1) is 10.2 Å². The highest BCUT2D eigenvalue weighted by Gasteiger charge is 2.30. The quantitative estimate of drug-likeness (QED) is 0.285. The fourth-order valence-electron chi connectivity index (χ4n) is 3.28. The van der Waals surface area contributed by atoms with Crippen molar-refractivity contribution in [1.82, 2.24) is 10.4 Å². The molecule has 0 aliphatic carbocycles. The Bertz CT molecular complexity index is 975. The Hall–Kier alpha value is -2.98. The van der Waals surface area contributed by atoms with Gasteiger partial charge in [-0.3, -0.25) is 10.0 Å². The van der Waals surface area contributed by atoms with Gasteiger partial charge in [-0.1, -0.05) is 0 Å². The summed E-state index contributed by atoms with van der Waals surface area (Å²) in [6.45, 7) is 0.801. The van der Waals surface area contributed by atoms with E-state index in [1.54, 1.807) is 4.90 Å². The number of hydrogen-bond donors (Lipinski definition) is 4. The number of nitrogens with one attached hydrogen (secondary N) is 3. The van der Waals surface area contributed by atoms with Crippen LogP contribution in [-0.2, 0) is 4.79 Å². The Morgan fingerprint density at radius 1 is 1.13 bits per heavy atom. The van der Waals surface area contributed by atoms with Crippen molar-refractivity contribution in [3.8, 4) is 0 Å². The van der Waals surface area contributed by atoms with Gasteiger partial charge < -0.3 is 15.5 Å². The maximum Gasteiger partial charge on any atom is 0.321 e. The molecule has 1 fully saturated rings. The lowest BCUT2D eigenvalue weighted by molar-refractivity contribution is -0.118. The van der Waals surface area contributed by atoms with Crippen molar-refractivity contribution in [2.24, 2.45) is 10.9 Å². The van der Waals surface area contributed by atoms with E-state index in [9.17, 15) is 19.2 Å². The molecule has 0 radical (unpaired) electrons. The zero-order valence-corrected chi connectivity index (χ0v) is 18.4. The monoisotopic (exact) mass is 491 g/mol. The Morgan fingerprint density at radius 3 is 2.35 bits per heavy atom. The van der Waals surface area contributed by atoms with Crippen LogP contribution in [0.4, 0.5) is 26.2 Å². The molecule has 0 unspecified atom stereocenters. The summed E-state index contributed by atoms with van der Waals surface area (Å²) in [5, 5.41) is 15.2. The number of amidine groups is 1. The van der Waals surface area contributed by atoms with Crippen molar-refractivity contribution >= 4 is 50.6 Å². The molecule has 0 bridgehead atoms. The van der Waals surface area contributed by atoms with E-state index in [2.05, 4.69) is 31.6 Å². The number of nitrogens with zero attached hydrogens (tertiary/aromatic N) is 2. The zero-order valence-electron chi connectivity index (χ0n) is 16.9. The molecule has 0 aromatic heterocycles. The van der Waals surface area contributed by atoms with Crippen LogP contribution in [0.2, 0.25) is 0 Å². The minimum atomic E-state index is -0.451. The Kier molecular flexibility index (Phi) is 7.59. The largest absolute Gasteiger partial charge is 0.388 e. The molecule has 2 amide bonds. The standard InChI is InChI=1S/C21H23BrFN5O3/c1-24-14-2-4-15(5-3-14)26-21(30)28-10-8-13(9-11-28)19(29)20(27-31)25-16-6-7-18(23)17(22)12-16/h2-7,12-13,24,31H,8-11H2,1H3,(H,25,27)(H,26,30). The van der Waals surface area contributed by atoms with Gasteiger partial charge in [0.1, 0.15) is 5.82 Å². The topological polar surface area (TPSA) is 106 Å². The molecule has 4 N–H and O–H groups in total. The summed E-state index contributed by atoms with van der Waals surface area (Å²) in [6, 6.07) is 11.1. The van der Waals surface area contributed by atoms with Gasteiger partial charge in [0.2, 0.25) is 5.78 Å². The molecular weight excluding hydrogens is 469 g/mol. The first-order chi connectivity index (χ1) is 14.9. The Balaban J connectivity index is 1.58. The van der Waals surface area contributed by atoms with Crippen molar-refractivity contribution in [1.29, 1.82) is 0 Å². The minimum absolute atomic E-state index is 0.207. The van der Waals surface area contributed by atoms with Crippen LogP contribution in [-0.4, -0.2) is 47.9 Å². The molecule has 0 saturated carbocycles. The van der Waals surface area contributed by atoms with Gasteiger partial charge in [-0.15, -0.1) is 0 Å². The van der Waals surface area contributed by atoms with Crippen molar-refractivity contribution < 1.29 is 19.2 Å². The molecule has 164 valence electrons. The van der Waals surface area contributed by atoms with Crippen LogP contribution in [0, 0.1) is 11.7 Å². The van der Waals surface area contributed by atoms with Gasteiger partial charge in [0.15, 0.2) is 5.84 Å². The van der Waals surface area contributed by atoms with Crippen molar-refractivity contribution in [2.75, 3.05) is 30.8 Å².